The lowest BCUT2D eigenvalue weighted by atomic mass is 9.94. The zero-order chi connectivity index (χ0) is 12.3. The number of aliphatic hydroxyl groups is 1. The molecule has 2 aliphatic rings. The van der Waals surface area contributed by atoms with Gasteiger partial charge in [-0.1, -0.05) is 25.7 Å². The maximum atomic E-state index is 12.1. The molecule has 3 heteroatoms. The third kappa shape index (κ3) is 3.70. The minimum atomic E-state index is -0.665. The molecule has 3 nitrogen and oxygen atoms in total. The van der Waals surface area contributed by atoms with Crippen molar-refractivity contribution in [3.63, 3.8) is 0 Å². The lowest BCUT2D eigenvalue weighted by Gasteiger charge is -2.37. The Kier molecular flexibility index (Phi) is 4.08. The van der Waals surface area contributed by atoms with Crippen LogP contribution in [0.15, 0.2) is 0 Å². The zero-order valence-electron chi connectivity index (χ0n) is 11.0. The normalized spacial score (nSPS) is 30.8. The van der Waals surface area contributed by atoms with E-state index in [1.165, 1.54) is 25.7 Å². The van der Waals surface area contributed by atoms with Gasteiger partial charge in [-0.15, -0.1) is 0 Å². The third-order valence-corrected chi connectivity index (χ3v) is 4.27. The first kappa shape index (κ1) is 12.9. The lowest BCUT2D eigenvalue weighted by Crippen LogP contribution is -2.48. The molecule has 1 amide bonds. The fourth-order valence-corrected chi connectivity index (χ4v) is 3.22. The standard InChI is InChI=1S/C14H25NO2/c1-14(17)9-4-10-15(11-14)13(16)8-7-12-5-2-3-6-12/h12,17H,2-11H2,1H3. The Morgan fingerprint density at radius 3 is 2.71 bits per heavy atom. The minimum absolute atomic E-state index is 0.247. The molecule has 1 atom stereocenters. The van der Waals surface area contributed by atoms with Crippen LogP contribution in [0.5, 0.6) is 0 Å². The first-order valence-electron chi connectivity index (χ1n) is 7.07. The predicted molar refractivity (Wildman–Crippen MR) is 67.6 cm³/mol. The molecule has 2 fully saturated rings. The van der Waals surface area contributed by atoms with E-state index in [-0.39, 0.29) is 5.91 Å². The predicted octanol–water partition coefficient (Wildman–Crippen LogP) is 2.33. The topological polar surface area (TPSA) is 40.5 Å². The van der Waals surface area contributed by atoms with E-state index in [1.807, 2.05) is 11.8 Å². The molecule has 0 radical (unpaired) electrons. The van der Waals surface area contributed by atoms with Crippen LogP contribution in [0.1, 0.15) is 58.3 Å². The van der Waals surface area contributed by atoms with Gasteiger partial charge in [0.2, 0.25) is 5.91 Å². The van der Waals surface area contributed by atoms with Crippen LogP contribution in [0.4, 0.5) is 0 Å². The Morgan fingerprint density at radius 2 is 2.06 bits per heavy atom. The van der Waals surface area contributed by atoms with Crippen LogP contribution in [0.25, 0.3) is 0 Å². The number of β-amino-alcohol motifs (C(OH)–C–C–N with tert-alkyl or cyclic N) is 1. The van der Waals surface area contributed by atoms with Gasteiger partial charge in [0.1, 0.15) is 0 Å². The maximum Gasteiger partial charge on any atom is 0.222 e. The number of hydrogen-bond donors (Lipinski definition) is 1. The molecular weight excluding hydrogens is 214 g/mol. The number of likely N-dealkylation sites (tertiary alicyclic amines) is 1. The summed E-state index contributed by atoms with van der Waals surface area (Å²) in [5.41, 5.74) is -0.665. The molecule has 1 heterocycles. The van der Waals surface area contributed by atoms with Crippen molar-refractivity contribution in [2.75, 3.05) is 13.1 Å². The monoisotopic (exact) mass is 239 g/mol. The fourth-order valence-electron chi connectivity index (χ4n) is 3.22. The summed E-state index contributed by atoms with van der Waals surface area (Å²) in [6, 6.07) is 0. The van der Waals surface area contributed by atoms with Gasteiger partial charge in [0, 0.05) is 19.5 Å². The van der Waals surface area contributed by atoms with Crippen molar-refractivity contribution in [1.82, 2.24) is 4.90 Å². The molecule has 98 valence electrons. The number of carbonyl (C=O) groups is 1. The molecule has 1 saturated heterocycles. The Morgan fingerprint density at radius 1 is 1.35 bits per heavy atom. The minimum Gasteiger partial charge on any atom is -0.388 e. The van der Waals surface area contributed by atoms with Crippen LogP contribution >= 0.6 is 0 Å². The summed E-state index contributed by atoms with van der Waals surface area (Å²) in [5, 5.41) is 9.98. The molecular formula is C14H25NO2. The van der Waals surface area contributed by atoms with Gasteiger partial charge in [0.15, 0.2) is 0 Å². The van der Waals surface area contributed by atoms with Crippen LogP contribution in [0.3, 0.4) is 0 Å². The smallest absolute Gasteiger partial charge is 0.222 e. The molecule has 17 heavy (non-hydrogen) atoms. The highest BCUT2D eigenvalue weighted by Gasteiger charge is 2.30. The third-order valence-electron chi connectivity index (χ3n) is 4.27. The second-order valence-electron chi connectivity index (χ2n) is 6.10. The summed E-state index contributed by atoms with van der Waals surface area (Å²) >= 11 is 0. The van der Waals surface area contributed by atoms with Crippen molar-refractivity contribution >= 4 is 5.91 Å². The van der Waals surface area contributed by atoms with Crippen molar-refractivity contribution in [2.45, 2.75) is 63.9 Å². The van der Waals surface area contributed by atoms with E-state index in [4.69, 9.17) is 0 Å². The van der Waals surface area contributed by atoms with Crippen LogP contribution in [-0.2, 0) is 4.79 Å². The summed E-state index contributed by atoms with van der Waals surface area (Å²) in [6.07, 6.45) is 8.80. The van der Waals surface area contributed by atoms with E-state index in [1.54, 1.807) is 0 Å². The van der Waals surface area contributed by atoms with Gasteiger partial charge in [0.25, 0.3) is 0 Å². The molecule has 1 aliphatic carbocycles. The second kappa shape index (κ2) is 5.38. The van der Waals surface area contributed by atoms with Crippen molar-refractivity contribution in [3.05, 3.63) is 0 Å². The highest BCUT2D eigenvalue weighted by Crippen LogP contribution is 2.29. The first-order chi connectivity index (χ1) is 8.07. The number of piperidine rings is 1. The first-order valence-corrected chi connectivity index (χ1v) is 7.07. The SMILES string of the molecule is CC1(O)CCCN(C(=O)CCC2CCCC2)C1. The van der Waals surface area contributed by atoms with Crippen LogP contribution < -0.4 is 0 Å². The van der Waals surface area contributed by atoms with Gasteiger partial charge in [-0.3, -0.25) is 4.79 Å². The Balaban J connectivity index is 1.75. The molecule has 0 aromatic heterocycles. The van der Waals surface area contributed by atoms with Crippen LogP contribution in [0, 0.1) is 5.92 Å². The highest BCUT2D eigenvalue weighted by atomic mass is 16.3. The van der Waals surface area contributed by atoms with E-state index in [9.17, 15) is 9.90 Å². The Hall–Kier alpha value is -0.570. The van der Waals surface area contributed by atoms with E-state index in [0.717, 1.165) is 31.7 Å². The van der Waals surface area contributed by atoms with Crippen molar-refractivity contribution in [2.24, 2.45) is 5.92 Å². The molecule has 0 aromatic carbocycles. The van der Waals surface area contributed by atoms with Crippen LogP contribution in [-0.4, -0.2) is 34.6 Å². The van der Waals surface area contributed by atoms with Crippen molar-refractivity contribution in [3.8, 4) is 0 Å². The molecule has 2 rings (SSSR count). The van der Waals surface area contributed by atoms with E-state index >= 15 is 0 Å². The molecule has 0 aromatic rings. The summed E-state index contributed by atoms with van der Waals surface area (Å²) in [7, 11) is 0. The van der Waals surface area contributed by atoms with Gasteiger partial charge in [-0.25, -0.2) is 0 Å². The zero-order valence-corrected chi connectivity index (χ0v) is 11.0. The highest BCUT2D eigenvalue weighted by molar-refractivity contribution is 5.76. The largest absolute Gasteiger partial charge is 0.388 e. The fraction of sp³-hybridized carbons (Fsp3) is 0.929. The number of hydrogen-bond acceptors (Lipinski definition) is 2. The molecule has 1 unspecified atom stereocenters. The Bertz CT molecular complexity index is 269. The quantitative estimate of drug-likeness (QED) is 0.821. The second-order valence-corrected chi connectivity index (χ2v) is 6.10. The van der Waals surface area contributed by atoms with Gasteiger partial charge in [-0.2, -0.15) is 0 Å². The summed E-state index contributed by atoms with van der Waals surface area (Å²) in [4.78, 5) is 13.9. The van der Waals surface area contributed by atoms with E-state index in [0.29, 0.717) is 13.0 Å². The number of amides is 1. The van der Waals surface area contributed by atoms with E-state index in [2.05, 4.69) is 0 Å². The Labute approximate surface area is 104 Å². The summed E-state index contributed by atoms with van der Waals surface area (Å²) in [5.74, 6) is 1.03. The average molecular weight is 239 g/mol. The number of carbonyl (C=O) groups excluding carboxylic acids is 1. The summed E-state index contributed by atoms with van der Waals surface area (Å²) in [6.45, 7) is 3.19. The maximum absolute atomic E-state index is 12.1. The van der Waals surface area contributed by atoms with Gasteiger partial charge >= 0.3 is 0 Å². The van der Waals surface area contributed by atoms with Gasteiger partial charge < -0.3 is 10.0 Å². The number of rotatable bonds is 3. The van der Waals surface area contributed by atoms with Crippen LogP contribution in [0.2, 0.25) is 0 Å². The molecule has 1 aliphatic heterocycles. The molecule has 0 bridgehead atoms. The van der Waals surface area contributed by atoms with Crippen molar-refractivity contribution in [1.29, 1.82) is 0 Å². The van der Waals surface area contributed by atoms with E-state index < -0.39 is 5.60 Å². The summed E-state index contributed by atoms with van der Waals surface area (Å²) < 4.78 is 0. The number of nitrogens with zero attached hydrogens (tertiary/aromatic N) is 1. The van der Waals surface area contributed by atoms with Gasteiger partial charge in [-0.05, 0) is 32.1 Å². The average Bonchev–Trinajstić information content (AvgIpc) is 2.77. The molecule has 1 saturated carbocycles. The lowest BCUT2D eigenvalue weighted by molar-refractivity contribution is -0.137. The molecule has 1 N–H and O–H groups in total. The van der Waals surface area contributed by atoms with Gasteiger partial charge in [0.05, 0.1) is 5.60 Å². The molecule has 0 spiro atoms. The van der Waals surface area contributed by atoms with Crippen molar-refractivity contribution < 1.29 is 9.90 Å².